The summed E-state index contributed by atoms with van der Waals surface area (Å²) < 4.78 is 46.4. The number of halogens is 3. The van der Waals surface area contributed by atoms with Gasteiger partial charge in [-0.1, -0.05) is 0 Å². The normalized spacial score (nSPS) is 20.4. The zero-order chi connectivity index (χ0) is 19.7. The quantitative estimate of drug-likeness (QED) is 0.637. The van der Waals surface area contributed by atoms with Gasteiger partial charge < -0.3 is 9.64 Å². The number of morpholine rings is 1. The van der Waals surface area contributed by atoms with E-state index in [1.54, 1.807) is 29.7 Å². The number of aromatic nitrogens is 3. The highest BCUT2D eigenvalue weighted by Gasteiger charge is 2.35. The number of thiophene rings is 1. The lowest BCUT2D eigenvalue weighted by atomic mass is 10.1. The van der Waals surface area contributed by atoms with Crippen molar-refractivity contribution in [2.45, 2.75) is 25.3 Å². The third kappa shape index (κ3) is 4.00. The molecular weight excluding hydrogens is 389 g/mol. The van der Waals surface area contributed by atoms with Crippen LogP contribution in [0.5, 0.6) is 0 Å². The molecule has 9 heteroatoms. The minimum atomic E-state index is -4.57. The zero-order valence-corrected chi connectivity index (χ0v) is 15.7. The van der Waals surface area contributed by atoms with Gasteiger partial charge in [0.1, 0.15) is 11.9 Å². The van der Waals surface area contributed by atoms with Crippen molar-refractivity contribution in [3.05, 3.63) is 58.7 Å². The molecule has 3 aromatic rings. The largest absolute Gasteiger partial charge is 0.433 e. The molecule has 5 nitrogen and oxygen atoms in total. The highest BCUT2D eigenvalue weighted by molar-refractivity contribution is 7.07. The van der Waals surface area contributed by atoms with E-state index in [-0.39, 0.29) is 23.9 Å². The molecular formula is C19H17F3N4OS. The second kappa shape index (κ2) is 7.48. The fraction of sp³-hybridized carbons (Fsp3) is 0.316. The molecule has 0 N–H and O–H groups in total. The Morgan fingerprint density at radius 3 is 2.75 bits per heavy atom. The van der Waals surface area contributed by atoms with E-state index < -0.39 is 11.9 Å². The predicted octanol–water partition coefficient (Wildman–Crippen LogP) is 4.59. The average molecular weight is 406 g/mol. The van der Waals surface area contributed by atoms with Gasteiger partial charge in [-0.3, -0.25) is 4.98 Å². The minimum Gasteiger partial charge on any atom is -0.367 e. The molecule has 2 atom stereocenters. The Morgan fingerprint density at radius 1 is 1.21 bits per heavy atom. The van der Waals surface area contributed by atoms with Crippen molar-refractivity contribution in [1.82, 2.24) is 15.0 Å². The summed E-state index contributed by atoms with van der Waals surface area (Å²) in [5.41, 5.74) is 0.479. The highest BCUT2D eigenvalue weighted by Crippen LogP contribution is 2.34. The fourth-order valence-corrected chi connectivity index (χ4v) is 3.85. The SMILES string of the molecule is CC1CN(c2cc(C(F)(F)F)nc(-c3cccnc3)n2)CC(c2ccsc2)O1. The lowest BCUT2D eigenvalue weighted by Gasteiger charge is -2.37. The number of anilines is 1. The molecule has 4 heterocycles. The van der Waals surface area contributed by atoms with Crippen LogP contribution in [0.4, 0.5) is 19.0 Å². The summed E-state index contributed by atoms with van der Waals surface area (Å²) in [7, 11) is 0. The van der Waals surface area contributed by atoms with E-state index in [4.69, 9.17) is 4.74 Å². The number of ether oxygens (including phenoxy) is 1. The Bertz CT molecular complexity index is 934. The molecule has 1 aliphatic rings. The van der Waals surface area contributed by atoms with E-state index >= 15 is 0 Å². The molecule has 0 spiro atoms. The summed E-state index contributed by atoms with van der Waals surface area (Å²) >= 11 is 1.56. The molecule has 0 amide bonds. The van der Waals surface area contributed by atoms with Crippen LogP contribution in [-0.2, 0) is 10.9 Å². The van der Waals surface area contributed by atoms with E-state index in [0.29, 0.717) is 18.7 Å². The van der Waals surface area contributed by atoms with E-state index in [1.807, 2.05) is 28.7 Å². The number of rotatable bonds is 3. The van der Waals surface area contributed by atoms with Crippen LogP contribution in [0.15, 0.2) is 47.4 Å². The van der Waals surface area contributed by atoms with Crippen LogP contribution >= 0.6 is 11.3 Å². The summed E-state index contributed by atoms with van der Waals surface area (Å²) in [6.07, 6.45) is -1.94. The van der Waals surface area contributed by atoms with Crippen LogP contribution in [0.25, 0.3) is 11.4 Å². The summed E-state index contributed by atoms with van der Waals surface area (Å²) in [6, 6.07) is 6.25. The molecule has 3 aromatic heterocycles. The van der Waals surface area contributed by atoms with Crippen LogP contribution in [-0.4, -0.2) is 34.1 Å². The van der Waals surface area contributed by atoms with Crippen molar-refractivity contribution in [2.75, 3.05) is 18.0 Å². The average Bonchev–Trinajstić information content (AvgIpc) is 3.22. The number of hydrogen-bond donors (Lipinski definition) is 0. The van der Waals surface area contributed by atoms with Gasteiger partial charge in [0.05, 0.1) is 6.10 Å². The third-order valence-corrected chi connectivity index (χ3v) is 5.12. The lowest BCUT2D eigenvalue weighted by Crippen LogP contribution is -2.43. The first-order valence-electron chi connectivity index (χ1n) is 8.69. The van der Waals surface area contributed by atoms with Crippen molar-refractivity contribution in [2.24, 2.45) is 0 Å². The zero-order valence-electron chi connectivity index (χ0n) is 14.9. The van der Waals surface area contributed by atoms with E-state index in [9.17, 15) is 13.2 Å². The fourth-order valence-electron chi connectivity index (χ4n) is 3.15. The van der Waals surface area contributed by atoms with Gasteiger partial charge in [0.15, 0.2) is 11.5 Å². The molecule has 0 saturated carbocycles. The van der Waals surface area contributed by atoms with Gasteiger partial charge in [-0.2, -0.15) is 24.5 Å². The topological polar surface area (TPSA) is 51.1 Å². The van der Waals surface area contributed by atoms with Crippen LogP contribution in [0.3, 0.4) is 0 Å². The first kappa shape index (κ1) is 18.8. The summed E-state index contributed by atoms with van der Waals surface area (Å²) in [5, 5.41) is 3.94. The molecule has 28 heavy (non-hydrogen) atoms. The van der Waals surface area contributed by atoms with Crippen LogP contribution in [0, 0.1) is 0 Å². The first-order chi connectivity index (χ1) is 13.4. The van der Waals surface area contributed by atoms with Crippen molar-refractivity contribution in [1.29, 1.82) is 0 Å². The van der Waals surface area contributed by atoms with E-state index in [2.05, 4.69) is 15.0 Å². The molecule has 1 aliphatic heterocycles. The number of hydrogen-bond acceptors (Lipinski definition) is 6. The molecule has 0 bridgehead atoms. The monoisotopic (exact) mass is 406 g/mol. The smallest absolute Gasteiger partial charge is 0.367 e. The maximum absolute atomic E-state index is 13.5. The molecule has 0 radical (unpaired) electrons. The second-order valence-corrected chi connectivity index (χ2v) is 7.35. The molecule has 146 valence electrons. The molecule has 1 saturated heterocycles. The molecule has 0 aliphatic carbocycles. The van der Waals surface area contributed by atoms with Crippen LogP contribution in [0.1, 0.15) is 24.3 Å². The Kier molecular flexibility index (Phi) is 5.03. The Labute approximate surface area is 163 Å². The van der Waals surface area contributed by atoms with E-state index in [1.165, 1.54) is 6.20 Å². The second-order valence-electron chi connectivity index (χ2n) is 6.57. The number of nitrogens with zero attached hydrogens (tertiary/aromatic N) is 4. The maximum Gasteiger partial charge on any atom is 0.433 e. The van der Waals surface area contributed by atoms with Crippen LogP contribution in [0.2, 0.25) is 0 Å². The number of pyridine rings is 1. The first-order valence-corrected chi connectivity index (χ1v) is 9.63. The molecule has 1 fully saturated rings. The molecule has 0 aromatic carbocycles. The summed E-state index contributed by atoms with van der Waals surface area (Å²) in [4.78, 5) is 13.9. The maximum atomic E-state index is 13.5. The van der Waals surface area contributed by atoms with Crippen molar-refractivity contribution in [3.63, 3.8) is 0 Å². The third-order valence-electron chi connectivity index (χ3n) is 4.42. The Morgan fingerprint density at radius 2 is 2.07 bits per heavy atom. The summed E-state index contributed by atoms with van der Waals surface area (Å²) in [6.45, 7) is 2.77. The standard InChI is InChI=1S/C19H17F3N4OS/c1-12-9-26(10-15(27-12)14-4-6-28-11-14)17-7-16(19(20,21)22)24-18(25-17)13-3-2-5-23-8-13/h2-8,11-12,15H,9-10H2,1H3. The predicted molar refractivity (Wildman–Crippen MR) is 100 cm³/mol. The van der Waals surface area contributed by atoms with Gasteiger partial charge in [0.2, 0.25) is 0 Å². The Balaban J connectivity index is 1.73. The number of alkyl halides is 3. The lowest BCUT2D eigenvalue weighted by molar-refractivity contribution is -0.141. The van der Waals surface area contributed by atoms with E-state index in [0.717, 1.165) is 11.6 Å². The van der Waals surface area contributed by atoms with Gasteiger partial charge in [0, 0.05) is 37.1 Å². The molecule has 2 unspecified atom stereocenters. The van der Waals surface area contributed by atoms with Gasteiger partial charge in [-0.15, -0.1) is 0 Å². The van der Waals surface area contributed by atoms with Crippen molar-refractivity contribution in [3.8, 4) is 11.4 Å². The summed E-state index contributed by atoms with van der Waals surface area (Å²) in [5.74, 6) is 0.237. The van der Waals surface area contributed by atoms with Gasteiger partial charge in [0.25, 0.3) is 0 Å². The highest BCUT2D eigenvalue weighted by atomic mass is 32.1. The minimum absolute atomic E-state index is 0.00385. The van der Waals surface area contributed by atoms with Crippen molar-refractivity contribution >= 4 is 17.2 Å². The van der Waals surface area contributed by atoms with Gasteiger partial charge in [-0.25, -0.2) is 9.97 Å². The van der Waals surface area contributed by atoms with Gasteiger partial charge in [-0.05, 0) is 41.4 Å². The van der Waals surface area contributed by atoms with Crippen LogP contribution < -0.4 is 4.90 Å². The molecule has 4 rings (SSSR count). The van der Waals surface area contributed by atoms with Gasteiger partial charge >= 0.3 is 6.18 Å². The Hall–Kier alpha value is -2.52. The van der Waals surface area contributed by atoms with Crippen molar-refractivity contribution < 1.29 is 17.9 Å².